The van der Waals surface area contributed by atoms with E-state index in [0.29, 0.717) is 6.42 Å². The third-order valence-corrected chi connectivity index (χ3v) is 1.69. The third kappa shape index (κ3) is 4.75. The van der Waals surface area contributed by atoms with E-state index in [1.807, 2.05) is 6.92 Å². The molecule has 0 saturated heterocycles. The molecule has 0 aliphatic heterocycles. The van der Waals surface area contributed by atoms with Crippen molar-refractivity contribution >= 4 is 5.91 Å². The zero-order valence-electron chi connectivity index (χ0n) is 7.82. The van der Waals surface area contributed by atoms with Crippen molar-refractivity contribution in [2.75, 3.05) is 13.6 Å². The summed E-state index contributed by atoms with van der Waals surface area (Å²) in [6, 6.07) is 0. The number of hydrogen-bond acceptors (Lipinski definition) is 1. The minimum absolute atomic E-state index is 0.173. The van der Waals surface area contributed by atoms with Crippen molar-refractivity contribution in [2.24, 2.45) is 0 Å². The zero-order chi connectivity index (χ0) is 10.5. The Kier molecular flexibility index (Phi) is 4.80. The summed E-state index contributed by atoms with van der Waals surface area (Å²) >= 11 is 0. The highest BCUT2D eigenvalue weighted by Crippen LogP contribution is 2.17. The summed E-state index contributed by atoms with van der Waals surface area (Å²) in [6.07, 6.45) is -2.35. The fourth-order valence-corrected chi connectivity index (χ4v) is 0.917. The molecule has 5 heteroatoms. The Morgan fingerprint density at radius 3 is 2.23 bits per heavy atom. The molecule has 13 heavy (non-hydrogen) atoms. The van der Waals surface area contributed by atoms with Gasteiger partial charge in [-0.05, 0) is 6.42 Å². The van der Waals surface area contributed by atoms with Crippen molar-refractivity contribution in [1.82, 2.24) is 4.90 Å². The first-order valence-corrected chi connectivity index (χ1v) is 4.22. The van der Waals surface area contributed by atoms with Crippen molar-refractivity contribution in [2.45, 2.75) is 32.4 Å². The van der Waals surface area contributed by atoms with Gasteiger partial charge in [-0.25, -0.2) is 0 Å². The van der Waals surface area contributed by atoms with Gasteiger partial charge in [-0.15, -0.1) is 0 Å². The van der Waals surface area contributed by atoms with E-state index in [0.717, 1.165) is 17.7 Å². The van der Waals surface area contributed by atoms with Gasteiger partial charge in [0.15, 0.2) is 0 Å². The van der Waals surface area contributed by atoms with E-state index in [4.69, 9.17) is 0 Å². The monoisotopic (exact) mass is 197 g/mol. The molecular formula is C8H14F3NO. The lowest BCUT2D eigenvalue weighted by molar-refractivity contribution is -0.184. The van der Waals surface area contributed by atoms with E-state index in [1.165, 1.54) is 7.05 Å². The number of carbonyl (C=O) groups is 1. The van der Waals surface area contributed by atoms with Crippen LogP contribution in [0.2, 0.25) is 0 Å². The highest BCUT2D eigenvalue weighted by Gasteiger charge is 2.40. The van der Waals surface area contributed by atoms with Crippen molar-refractivity contribution in [3.8, 4) is 0 Å². The zero-order valence-corrected chi connectivity index (χ0v) is 7.82. The van der Waals surface area contributed by atoms with Crippen LogP contribution in [0.5, 0.6) is 0 Å². The molecule has 0 spiro atoms. The molecular weight excluding hydrogens is 183 g/mol. The molecule has 0 heterocycles. The highest BCUT2D eigenvalue weighted by atomic mass is 19.4. The van der Waals surface area contributed by atoms with Crippen molar-refractivity contribution < 1.29 is 18.0 Å². The molecule has 0 saturated carbocycles. The van der Waals surface area contributed by atoms with Crippen LogP contribution in [0.3, 0.4) is 0 Å². The first-order chi connectivity index (χ1) is 5.89. The first-order valence-electron chi connectivity index (χ1n) is 4.22. The van der Waals surface area contributed by atoms with Crippen LogP contribution >= 0.6 is 0 Å². The van der Waals surface area contributed by atoms with Gasteiger partial charge in [-0.1, -0.05) is 19.8 Å². The molecule has 0 aliphatic carbocycles. The Labute approximate surface area is 75.7 Å². The molecule has 0 N–H and O–H groups in total. The maximum absolute atomic E-state index is 11.8. The number of halogens is 3. The molecule has 78 valence electrons. The van der Waals surface area contributed by atoms with Crippen molar-refractivity contribution in [3.05, 3.63) is 0 Å². The Bertz CT molecular complexity index is 167. The van der Waals surface area contributed by atoms with Gasteiger partial charge < -0.3 is 4.90 Å². The fraction of sp³-hybridized carbons (Fsp3) is 0.875. The van der Waals surface area contributed by atoms with Crippen LogP contribution in [-0.4, -0.2) is 30.6 Å². The molecule has 0 rings (SSSR count). The quantitative estimate of drug-likeness (QED) is 0.632. The summed E-state index contributed by atoms with van der Waals surface area (Å²) in [5.74, 6) is -1.76. The van der Waals surface area contributed by atoms with Gasteiger partial charge in [0.2, 0.25) is 0 Å². The van der Waals surface area contributed by atoms with Crippen LogP contribution in [0.25, 0.3) is 0 Å². The molecule has 1 amide bonds. The predicted octanol–water partition coefficient (Wildman–Crippen LogP) is 2.20. The number of hydrogen-bond donors (Lipinski definition) is 0. The van der Waals surface area contributed by atoms with Crippen molar-refractivity contribution in [3.63, 3.8) is 0 Å². The highest BCUT2D eigenvalue weighted by molar-refractivity contribution is 5.81. The minimum Gasteiger partial charge on any atom is -0.338 e. The number of unbranched alkanes of at least 4 members (excludes halogenated alkanes) is 2. The number of amides is 1. The lowest BCUT2D eigenvalue weighted by Gasteiger charge is -2.18. The molecule has 2 nitrogen and oxygen atoms in total. The standard InChI is InChI=1S/C8H14F3NO/c1-3-4-5-6-12(2)7(13)8(9,10)11/h3-6H2,1-2H3. The Morgan fingerprint density at radius 2 is 1.85 bits per heavy atom. The first kappa shape index (κ1) is 12.3. The van der Waals surface area contributed by atoms with Gasteiger partial charge in [0.1, 0.15) is 0 Å². The van der Waals surface area contributed by atoms with Gasteiger partial charge in [-0.2, -0.15) is 13.2 Å². The van der Waals surface area contributed by atoms with Gasteiger partial charge in [0.05, 0.1) is 0 Å². The Morgan fingerprint density at radius 1 is 1.31 bits per heavy atom. The van der Waals surface area contributed by atoms with Gasteiger partial charge in [-0.3, -0.25) is 4.79 Å². The van der Waals surface area contributed by atoms with E-state index >= 15 is 0 Å². The van der Waals surface area contributed by atoms with Gasteiger partial charge >= 0.3 is 12.1 Å². The van der Waals surface area contributed by atoms with Crippen LogP contribution < -0.4 is 0 Å². The lowest BCUT2D eigenvalue weighted by Crippen LogP contribution is -2.38. The van der Waals surface area contributed by atoms with Crippen LogP contribution in [0.15, 0.2) is 0 Å². The van der Waals surface area contributed by atoms with E-state index in [1.54, 1.807) is 0 Å². The van der Waals surface area contributed by atoms with E-state index < -0.39 is 12.1 Å². The van der Waals surface area contributed by atoms with Crippen LogP contribution in [0, 0.1) is 0 Å². The summed E-state index contributed by atoms with van der Waals surface area (Å²) in [4.78, 5) is 11.3. The second-order valence-corrected chi connectivity index (χ2v) is 2.93. The van der Waals surface area contributed by atoms with E-state index in [-0.39, 0.29) is 6.54 Å². The summed E-state index contributed by atoms with van der Waals surface area (Å²) in [5, 5.41) is 0. The molecule has 0 atom stereocenters. The van der Waals surface area contributed by atoms with Crippen LogP contribution in [-0.2, 0) is 4.79 Å². The maximum atomic E-state index is 11.8. The Balaban J connectivity index is 3.84. The average molecular weight is 197 g/mol. The minimum atomic E-state index is -4.74. The molecule has 0 fully saturated rings. The molecule has 0 unspecified atom stereocenters. The Hall–Kier alpha value is -0.740. The molecule has 0 aromatic heterocycles. The summed E-state index contributed by atoms with van der Waals surface area (Å²) < 4.78 is 35.5. The molecule has 0 aliphatic rings. The number of rotatable bonds is 4. The van der Waals surface area contributed by atoms with Gasteiger partial charge in [0.25, 0.3) is 0 Å². The third-order valence-electron chi connectivity index (χ3n) is 1.69. The van der Waals surface area contributed by atoms with Crippen LogP contribution in [0.1, 0.15) is 26.2 Å². The smallest absolute Gasteiger partial charge is 0.338 e. The predicted molar refractivity (Wildman–Crippen MR) is 43.2 cm³/mol. The fourth-order valence-electron chi connectivity index (χ4n) is 0.917. The SMILES string of the molecule is CCCCCN(C)C(=O)C(F)(F)F. The number of nitrogens with zero attached hydrogens (tertiary/aromatic N) is 1. The van der Waals surface area contributed by atoms with Crippen molar-refractivity contribution in [1.29, 1.82) is 0 Å². The van der Waals surface area contributed by atoms with E-state index in [2.05, 4.69) is 0 Å². The molecule has 0 aromatic carbocycles. The molecule has 0 radical (unpaired) electrons. The summed E-state index contributed by atoms with van der Waals surface area (Å²) in [7, 11) is 1.17. The summed E-state index contributed by atoms with van der Waals surface area (Å²) in [6.45, 7) is 2.12. The summed E-state index contributed by atoms with van der Waals surface area (Å²) in [5.41, 5.74) is 0. The number of alkyl halides is 3. The largest absolute Gasteiger partial charge is 0.471 e. The van der Waals surface area contributed by atoms with Crippen LogP contribution in [0.4, 0.5) is 13.2 Å². The molecule has 0 bridgehead atoms. The number of carbonyl (C=O) groups excluding carboxylic acids is 1. The lowest BCUT2D eigenvalue weighted by atomic mass is 10.2. The average Bonchev–Trinajstić information content (AvgIpc) is 2.01. The second kappa shape index (κ2) is 5.09. The molecule has 0 aromatic rings. The topological polar surface area (TPSA) is 20.3 Å². The van der Waals surface area contributed by atoms with E-state index in [9.17, 15) is 18.0 Å². The second-order valence-electron chi connectivity index (χ2n) is 2.93. The maximum Gasteiger partial charge on any atom is 0.471 e. The van der Waals surface area contributed by atoms with Gasteiger partial charge in [0, 0.05) is 13.6 Å². The normalized spacial score (nSPS) is 11.5.